The van der Waals surface area contributed by atoms with Gasteiger partial charge in [-0.3, -0.25) is 29.0 Å². The summed E-state index contributed by atoms with van der Waals surface area (Å²) in [7, 11) is 0. The highest BCUT2D eigenvalue weighted by atomic mass is 16.3. The van der Waals surface area contributed by atoms with Crippen molar-refractivity contribution in [3.05, 3.63) is 114 Å². The second-order valence-electron chi connectivity index (χ2n) is 11.7. The summed E-state index contributed by atoms with van der Waals surface area (Å²) < 4.78 is 0. The molecule has 1 N–H and O–H groups in total. The molecule has 2 aliphatic heterocycles. The predicted octanol–water partition coefficient (Wildman–Crippen LogP) is 5.72. The van der Waals surface area contributed by atoms with E-state index >= 15 is 0 Å². The Balaban J connectivity index is 1.30. The van der Waals surface area contributed by atoms with E-state index in [1.807, 2.05) is 30.3 Å². The molecule has 2 saturated heterocycles. The Morgan fingerprint density at radius 3 is 1.67 bits per heavy atom. The van der Waals surface area contributed by atoms with Gasteiger partial charge in [0.15, 0.2) is 0 Å². The second kappa shape index (κ2) is 10.1. The number of fused-ring (bicyclic) bond motifs is 4. The Morgan fingerprint density at radius 2 is 1.14 bits per heavy atom. The lowest BCUT2D eigenvalue weighted by atomic mass is 9.57. The van der Waals surface area contributed by atoms with E-state index in [4.69, 9.17) is 0 Å². The minimum atomic E-state index is -0.662. The number of hydrogen-bond acceptors (Lipinski definition) is 5. The number of amides is 4. The summed E-state index contributed by atoms with van der Waals surface area (Å²) in [4.78, 5) is 58.5. The number of carbonyl (C=O) groups is 4. The maximum atomic E-state index is 14.1. The van der Waals surface area contributed by atoms with Gasteiger partial charge in [-0.2, -0.15) is 0 Å². The molecule has 6 atom stereocenters. The van der Waals surface area contributed by atoms with Gasteiger partial charge in [-0.1, -0.05) is 73.4 Å². The number of benzene rings is 3. The molecule has 4 amide bonds. The molecule has 0 radical (unpaired) electrons. The molecule has 214 valence electrons. The monoisotopic (exact) mass is 570 g/mol. The minimum absolute atomic E-state index is 0.0952. The molecule has 2 aliphatic carbocycles. The van der Waals surface area contributed by atoms with Gasteiger partial charge in [0, 0.05) is 5.92 Å². The first kappa shape index (κ1) is 26.8. The molecule has 0 bridgehead atoms. The van der Waals surface area contributed by atoms with Crippen LogP contribution in [0.3, 0.4) is 0 Å². The third-order valence-electron chi connectivity index (χ3n) is 9.67. The van der Waals surface area contributed by atoms with E-state index in [9.17, 15) is 24.3 Å². The Hall–Kier alpha value is -5.04. The molecule has 1 saturated carbocycles. The molecule has 6 unspecified atom stereocenters. The van der Waals surface area contributed by atoms with Crippen LogP contribution < -0.4 is 9.80 Å². The zero-order chi connectivity index (χ0) is 30.0. The number of allylic oxidation sites excluding steroid dienone is 2. The van der Waals surface area contributed by atoms with Gasteiger partial charge in [0.2, 0.25) is 23.6 Å². The maximum absolute atomic E-state index is 14.1. The highest BCUT2D eigenvalue weighted by molar-refractivity contribution is 6.24. The van der Waals surface area contributed by atoms with Crippen molar-refractivity contribution in [1.82, 2.24) is 0 Å². The molecule has 7 rings (SSSR count). The fraction of sp³-hybridized carbons (Fsp3) is 0.222. The molecule has 43 heavy (non-hydrogen) atoms. The number of phenolic OH excluding ortho intramolecular Hbond substituents is 1. The zero-order valence-electron chi connectivity index (χ0n) is 23.4. The van der Waals surface area contributed by atoms with Gasteiger partial charge < -0.3 is 5.11 Å². The van der Waals surface area contributed by atoms with Crippen LogP contribution in [-0.4, -0.2) is 28.7 Å². The van der Waals surface area contributed by atoms with Crippen molar-refractivity contribution >= 4 is 47.2 Å². The van der Waals surface area contributed by atoms with Gasteiger partial charge in [0.1, 0.15) is 5.75 Å². The average Bonchev–Trinajstić information content (AvgIpc) is 3.44. The molecule has 3 fully saturated rings. The number of hydrogen-bond donors (Lipinski definition) is 1. The van der Waals surface area contributed by atoms with Gasteiger partial charge in [-0.15, -0.1) is 0 Å². The standard InChI is InChI=1S/C36H30N2O5/c1-3-20-5-11-23(12-6-20)37-33(40)27-18-17-26-28(31(27)35(37)42)19-29-32(30(26)22-9-15-25(39)16-10-22)36(43)38(34(29)41)24-13-7-21(4-2)8-14-24/h3-17,27-32,39H,1-2,18-19H2. The van der Waals surface area contributed by atoms with E-state index in [-0.39, 0.29) is 35.3 Å². The first-order chi connectivity index (χ1) is 20.8. The largest absolute Gasteiger partial charge is 0.508 e. The van der Waals surface area contributed by atoms with Crippen molar-refractivity contribution < 1.29 is 24.3 Å². The van der Waals surface area contributed by atoms with Crippen molar-refractivity contribution in [3.63, 3.8) is 0 Å². The van der Waals surface area contributed by atoms with Crippen LogP contribution in [0.2, 0.25) is 0 Å². The number of aromatic hydroxyl groups is 1. The molecule has 3 aromatic rings. The molecule has 0 aromatic heterocycles. The van der Waals surface area contributed by atoms with Crippen LogP contribution in [0.25, 0.3) is 12.2 Å². The predicted molar refractivity (Wildman–Crippen MR) is 164 cm³/mol. The molecule has 7 nitrogen and oxygen atoms in total. The SMILES string of the molecule is C=Cc1ccc(N2C(=O)C3CC=C4C(CC5C(=O)N(c6ccc(C=C)cc6)C(=O)C5C4c4ccc(O)cc4)C3C2=O)cc1. The van der Waals surface area contributed by atoms with Crippen LogP contribution >= 0.6 is 0 Å². The lowest BCUT2D eigenvalue weighted by Crippen LogP contribution is -2.43. The van der Waals surface area contributed by atoms with Crippen LogP contribution in [0.15, 0.2) is 97.6 Å². The van der Waals surface area contributed by atoms with E-state index < -0.39 is 29.6 Å². The minimum Gasteiger partial charge on any atom is -0.508 e. The smallest absolute Gasteiger partial charge is 0.238 e. The first-order valence-corrected chi connectivity index (χ1v) is 14.5. The molecular formula is C36H30N2O5. The van der Waals surface area contributed by atoms with Gasteiger partial charge in [-0.05, 0) is 71.8 Å². The molecule has 4 aliphatic rings. The van der Waals surface area contributed by atoms with Gasteiger partial charge in [0.05, 0.1) is 35.0 Å². The lowest BCUT2D eigenvalue weighted by molar-refractivity contribution is -0.126. The first-order valence-electron chi connectivity index (χ1n) is 14.5. The third-order valence-corrected chi connectivity index (χ3v) is 9.67. The fourth-order valence-corrected chi connectivity index (χ4v) is 7.67. The van der Waals surface area contributed by atoms with Crippen LogP contribution in [0, 0.1) is 29.6 Å². The quantitative estimate of drug-likeness (QED) is 0.313. The van der Waals surface area contributed by atoms with Gasteiger partial charge >= 0.3 is 0 Å². The summed E-state index contributed by atoms with van der Waals surface area (Å²) in [5.41, 5.74) is 4.48. The third kappa shape index (κ3) is 4.02. The van der Waals surface area contributed by atoms with Crippen molar-refractivity contribution in [3.8, 4) is 5.75 Å². The Labute approximate surface area is 249 Å². The molecule has 3 aromatic carbocycles. The topological polar surface area (TPSA) is 95.0 Å². The zero-order valence-corrected chi connectivity index (χ0v) is 23.4. The number of rotatable bonds is 5. The number of nitrogens with zero attached hydrogens (tertiary/aromatic N) is 2. The van der Waals surface area contributed by atoms with E-state index in [0.29, 0.717) is 24.2 Å². The van der Waals surface area contributed by atoms with Crippen molar-refractivity contribution in [2.45, 2.75) is 18.8 Å². The molecule has 0 spiro atoms. The Morgan fingerprint density at radius 1 is 0.628 bits per heavy atom. The maximum Gasteiger partial charge on any atom is 0.238 e. The number of imide groups is 2. The van der Waals surface area contributed by atoms with E-state index in [0.717, 1.165) is 22.3 Å². The van der Waals surface area contributed by atoms with E-state index in [1.165, 1.54) is 9.80 Å². The van der Waals surface area contributed by atoms with Crippen LogP contribution in [0.5, 0.6) is 5.75 Å². The van der Waals surface area contributed by atoms with Crippen molar-refractivity contribution in [1.29, 1.82) is 0 Å². The second-order valence-corrected chi connectivity index (χ2v) is 11.7. The number of anilines is 2. The van der Waals surface area contributed by atoms with Crippen molar-refractivity contribution in [2.75, 3.05) is 9.80 Å². The van der Waals surface area contributed by atoms with E-state index in [1.54, 1.807) is 60.7 Å². The summed E-state index contributed by atoms with van der Waals surface area (Å²) in [5.74, 6) is -4.32. The fourth-order valence-electron chi connectivity index (χ4n) is 7.67. The summed E-state index contributed by atoms with van der Waals surface area (Å²) in [5, 5.41) is 10.0. The highest BCUT2D eigenvalue weighted by Gasteiger charge is 2.62. The van der Waals surface area contributed by atoms with Gasteiger partial charge in [0.25, 0.3) is 0 Å². The highest BCUT2D eigenvalue weighted by Crippen LogP contribution is 2.58. The summed E-state index contributed by atoms with van der Waals surface area (Å²) in [6.45, 7) is 7.55. The number of phenols is 1. The Bertz CT molecular complexity index is 1720. The molecule has 2 heterocycles. The molecular weight excluding hydrogens is 540 g/mol. The van der Waals surface area contributed by atoms with Crippen molar-refractivity contribution in [2.24, 2.45) is 29.6 Å². The van der Waals surface area contributed by atoms with Crippen LogP contribution in [0.4, 0.5) is 11.4 Å². The van der Waals surface area contributed by atoms with Crippen LogP contribution in [0.1, 0.15) is 35.4 Å². The summed E-state index contributed by atoms with van der Waals surface area (Å²) >= 11 is 0. The summed E-state index contributed by atoms with van der Waals surface area (Å²) in [6, 6.07) is 21.0. The molecule has 7 heteroatoms. The normalized spacial score (nSPS) is 27.9. The van der Waals surface area contributed by atoms with Crippen LogP contribution in [-0.2, 0) is 19.2 Å². The number of carbonyl (C=O) groups excluding carboxylic acids is 4. The average molecular weight is 571 g/mol. The lowest BCUT2D eigenvalue weighted by Gasteiger charge is -2.44. The van der Waals surface area contributed by atoms with Gasteiger partial charge in [-0.25, -0.2) is 0 Å². The Kier molecular flexibility index (Phi) is 6.27. The summed E-state index contributed by atoms with van der Waals surface area (Å²) in [6.07, 6.45) is 6.10. The van der Waals surface area contributed by atoms with E-state index in [2.05, 4.69) is 13.2 Å².